The second-order valence-corrected chi connectivity index (χ2v) is 3.48. The third-order valence-electron chi connectivity index (χ3n) is 2.51. The molecule has 0 aliphatic rings. The summed E-state index contributed by atoms with van der Waals surface area (Å²) in [5, 5.41) is 11.0. The Morgan fingerprint density at radius 2 is 1.80 bits per heavy atom. The molecule has 0 aliphatic carbocycles. The summed E-state index contributed by atoms with van der Waals surface area (Å²) in [6.45, 7) is 2.10. The summed E-state index contributed by atoms with van der Waals surface area (Å²) in [6, 6.07) is 14.4. The molecule has 0 saturated heterocycles. The van der Waals surface area contributed by atoms with E-state index >= 15 is 0 Å². The molecule has 0 N–H and O–H groups in total. The van der Waals surface area contributed by atoms with Crippen molar-refractivity contribution in [3.63, 3.8) is 0 Å². The van der Waals surface area contributed by atoms with E-state index in [1.54, 1.807) is 0 Å². The monoisotopic (exact) mass is 193 g/mol. The molecular weight excluding hydrogens is 182 g/mol. The molecule has 0 spiro atoms. The van der Waals surface area contributed by atoms with E-state index < -0.39 is 0 Å². The van der Waals surface area contributed by atoms with Crippen molar-refractivity contribution < 1.29 is 0 Å². The Bertz CT molecular complexity index is 559. The van der Waals surface area contributed by atoms with Crippen molar-refractivity contribution in [2.45, 2.75) is 6.92 Å². The molecule has 0 radical (unpaired) electrons. The van der Waals surface area contributed by atoms with Crippen LogP contribution in [0.15, 0.2) is 42.5 Å². The molecule has 0 unspecified atom stereocenters. The van der Waals surface area contributed by atoms with Crippen LogP contribution in [0.4, 0.5) is 0 Å². The van der Waals surface area contributed by atoms with Gasteiger partial charge in [-0.1, -0.05) is 36.4 Å². The van der Waals surface area contributed by atoms with E-state index in [1.165, 1.54) is 22.4 Å². The van der Waals surface area contributed by atoms with Crippen molar-refractivity contribution in [1.82, 2.24) is 0 Å². The first kappa shape index (κ1) is 9.48. The van der Waals surface area contributed by atoms with Gasteiger partial charge in [-0.15, -0.1) is 0 Å². The molecule has 0 saturated carbocycles. The fraction of sp³-hybridized carbons (Fsp3) is 0.0714. The maximum atomic E-state index is 8.52. The number of nitrogens with zero attached hydrogens (tertiary/aromatic N) is 1. The zero-order chi connectivity index (χ0) is 10.7. The van der Waals surface area contributed by atoms with Crippen molar-refractivity contribution in [3.05, 3.63) is 53.6 Å². The molecule has 2 rings (SSSR count). The Hall–Kier alpha value is -2.07. The summed E-state index contributed by atoms with van der Waals surface area (Å²) >= 11 is 0. The predicted molar refractivity (Wildman–Crippen MR) is 63.3 cm³/mol. The first-order valence-electron chi connectivity index (χ1n) is 4.87. The summed E-state index contributed by atoms with van der Waals surface area (Å²) in [5.41, 5.74) is 2.36. The number of hydrogen-bond acceptors (Lipinski definition) is 1. The van der Waals surface area contributed by atoms with Crippen LogP contribution in [0.2, 0.25) is 0 Å². The highest BCUT2D eigenvalue weighted by atomic mass is 14.2. The van der Waals surface area contributed by atoms with Gasteiger partial charge >= 0.3 is 0 Å². The zero-order valence-corrected chi connectivity index (χ0v) is 8.57. The third-order valence-corrected chi connectivity index (χ3v) is 2.51. The van der Waals surface area contributed by atoms with E-state index in [4.69, 9.17) is 5.26 Å². The second kappa shape index (κ2) is 3.98. The Labute approximate surface area is 89.3 Å². The fourth-order valence-electron chi connectivity index (χ4n) is 1.75. The minimum absolute atomic E-state index is 1.10. The molecule has 1 nitrogen and oxygen atoms in total. The highest BCUT2D eigenvalue weighted by Crippen LogP contribution is 2.23. The lowest BCUT2D eigenvalue weighted by atomic mass is 10.0. The molecule has 0 amide bonds. The maximum Gasteiger partial charge on any atom is 0.0912 e. The predicted octanol–water partition coefficient (Wildman–Crippen LogP) is 3.69. The number of fused-ring (bicyclic) bond motifs is 1. The average Bonchev–Trinajstić information content (AvgIpc) is 2.29. The van der Waals surface area contributed by atoms with Gasteiger partial charge in [0.25, 0.3) is 0 Å². The number of nitriles is 1. The van der Waals surface area contributed by atoms with Crippen molar-refractivity contribution >= 4 is 16.8 Å². The number of hydrogen-bond donors (Lipinski definition) is 0. The molecule has 0 aromatic heterocycles. The van der Waals surface area contributed by atoms with Gasteiger partial charge in [-0.25, -0.2) is 0 Å². The van der Waals surface area contributed by atoms with E-state index in [0.29, 0.717) is 0 Å². The van der Waals surface area contributed by atoms with Gasteiger partial charge in [0.05, 0.1) is 6.07 Å². The first-order valence-corrected chi connectivity index (χ1v) is 4.87. The largest absolute Gasteiger partial charge is 0.193 e. The van der Waals surface area contributed by atoms with Crippen LogP contribution in [-0.2, 0) is 0 Å². The Morgan fingerprint density at radius 1 is 1.07 bits per heavy atom. The van der Waals surface area contributed by atoms with Crippen LogP contribution < -0.4 is 0 Å². The van der Waals surface area contributed by atoms with Crippen LogP contribution >= 0.6 is 0 Å². The van der Waals surface area contributed by atoms with Crippen LogP contribution in [0.5, 0.6) is 0 Å². The van der Waals surface area contributed by atoms with Gasteiger partial charge in [-0.3, -0.25) is 0 Å². The lowest BCUT2D eigenvalue weighted by molar-refractivity contribution is 1.52. The minimum atomic E-state index is 1.10. The van der Waals surface area contributed by atoms with E-state index in [2.05, 4.69) is 25.1 Å². The van der Waals surface area contributed by atoms with Crippen molar-refractivity contribution in [3.8, 4) is 6.07 Å². The number of allylic oxidation sites excluding steroid dienone is 1. The van der Waals surface area contributed by atoms with Gasteiger partial charge in [-0.2, -0.15) is 5.26 Å². The SMILES string of the molecule is Cc1ccc(C=CC#N)c2ccccc12. The van der Waals surface area contributed by atoms with Crippen LogP contribution in [0.3, 0.4) is 0 Å². The molecule has 2 aromatic rings. The number of benzene rings is 2. The average molecular weight is 193 g/mol. The quantitative estimate of drug-likeness (QED) is 0.634. The Kier molecular flexibility index (Phi) is 2.51. The van der Waals surface area contributed by atoms with E-state index in [9.17, 15) is 0 Å². The summed E-state index contributed by atoms with van der Waals surface area (Å²) in [7, 11) is 0. The topological polar surface area (TPSA) is 23.8 Å². The molecule has 0 bridgehead atoms. The smallest absolute Gasteiger partial charge is 0.0912 e. The van der Waals surface area contributed by atoms with E-state index in [0.717, 1.165) is 5.56 Å². The van der Waals surface area contributed by atoms with Gasteiger partial charge in [0.15, 0.2) is 0 Å². The second-order valence-electron chi connectivity index (χ2n) is 3.48. The summed E-state index contributed by atoms with van der Waals surface area (Å²) in [6.07, 6.45) is 3.36. The molecular formula is C14H11N. The van der Waals surface area contributed by atoms with Gasteiger partial charge in [0, 0.05) is 6.08 Å². The molecule has 0 fully saturated rings. The summed E-state index contributed by atoms with van der Waals surface area (Å²) in [4.78, 5) is 0. The van der Waals surface area contributed by atoms with Crippen LogP contribution in [-0.4, -0.2) is 0 Å². The van der Waals surface area contributed by atoms with Crippen LogP contribution in [0.1, 0.15) is 11.1 Å². The minimum Gasteiger partial charge on any atom is -0.193 e. The van der Waals surface area contributed by atoms with Crippen molar-refractivity contribution in [2.24, 2.45) is 0 Å². The fourth-order valence-corrected chi connectivity index (χ4v) is 1.75. The van der Waals surface area contributed by atoms with E-state index in [-0.39, 0.29) is 0 Å². The summed E-state index contributed by atoms with van der Waals surface area (Å²) in [5.74, 6) is 0. The molecule has 2 aromatic carbocycles. The van der Waals surface area contributed by atoms with Crippen LogP contribution in [0.25, 0.3) is 16.8 Å². The molecule has 72 valence electrons. The lowest BCUT2D eigenvalue weighted by Crippen LogP contribution is -1.81. The number of aryl methyl sites for hydroxylation is 1. The standard InChI is InChI=1S/C14H11N/c1-11-8-9-12(5-4-10-15)14-7-3-2-6-13(11)14/h2-9H,1H3. The van der Waals surface area contributed by atoms with Gasteiger partial charge in [0.1, 0.15) is 0 Å². The van der Waals surface area contributed by atoms with Gasteiger partial charge < -0.3 is 0 Å². The Morgan fingerprint density at radius 3 is 2.53 bits per heavy atom. The number of rotatable bonds is 1. The molecule has 0 heterocycles. The molecule has 0 atom stereocenters. The van der Waals surface area contributed by atoms with Crippen LogP contribution in [0, 0.1) is 18.3 Å². The van der Waals surface area contributed by atoms with Gasteiger partial charge in [0.2, 0.25) is 0 Å². The highest BCUT2D eigenvalue weighted by Gasteiger charge is 1.99. The molecule has 1 heteroatoms. The first-order chi connectivity index (χ1) is 7.33. The highest BCUT2D eigenvalue weighted by molar-refractivity contribution is 5.92. The molecule has 15 heavy (non-hydrogen) atoms. The summed E-state index contributed by atoms with van der Waals surface area (Å²) < 4.78 is 0. The van der Waals surface area contributed by atoms with Gasteiger partial charge in [-0.05, 0) is 34.9 Å². The maximum absolute atomic E-state index is 8.52. The molecule has 0 aliphatic heterocycles. The van der Waals surface area contributed by atoms with Crippen molar-refractivity contribution in [1.29, 1.82) is 5.26 Å². The van der Waals surface area contributed by atoms with Crippen molar-refractivity contribution in [2.75, 3.05) is 0 Å². The zero-order valence-electron chi connectivity index (χ0n) is 8.57. The Balaban J connectivity index is 2.73. The van der Waals surface area contributed by atoms with E-state index in [1.807, 2.05) is 30.3 Å². The normalized spacial score (nSPS) is 10.7. The third kappa shape index (κ3) is 1.75. The lowest BCUT2D eigenvalue weighted by Gasteiger charge is -2.04.